The molecule has 0 radical (unpaired) electrons. The first-order chi connectivity index (χ1) is 10.9. The first-order valence-electron chi connectivity index (χ1n) is 6.63. The largest absolute Gasteiger partial charge is 0.326 e. The normalized spacial score (nSPS) is 11.3. The Bertz CT molecular complexity index is 1100. The zero-order valence-electron chi connectivity index (χ0n) is 12.1. The van der Waals surface area contributed by atoms with Gasteiger partial charge in [0.15, 0.2) is 0 Å². The van der Waals surface area contributed by atoms with Crippen molar-refractivity contribution in [2.45, 2.75) is 4.90 Å². The SMILES string of the molecule is Cn1c(=O)[nH]c2cc(NS(=O)(=O)c3ccccc3C#N)ccc21. The van der Waals surface area contributed by atoms with E-state index in [4.69, 9.17) is 5.26 Å². The van der Waals surface area contributed by atoms with Crippen molar-refractivity contribution in [1.29, 1.82) is 5.26 Å². The smallest absolute Gasteiger partial charge is 0.305 e. The minimum Gasteiger partial charge on any atom is -0.305 e. The maximum absolute atomic E-state index is 12.5. The molecule has 8 heteroatoms. The number of benzene rings is 2. The summed E-state index contributed by atoms with van der Waals surface area (Å²) >= 11 is 0. The van der Waals surface area contributed by atoms with Gasteiger partial charge < -0.3 is 4.98 Å². The number of nitrogens with one attached hydrogen (secondary N) is 2. The van der Waals surface area contributed by atoms with E-state index in [2.05, 4.69) is 9.71 Å². The van der Waals surface area contributed by atoms with Crippen LogP contribution in [0.5, 0.6) is 0 Å². The fourth-order valence-electron chi connectivity index (χ4n) is 2.30. The van der Waals surface area contributed by atoms with Crippen molar-refractivity contribution in [2.75, 3.05) is 4.72 Å². The molecule has 0 spiro atoms. The highest BCUT2D eigenvalue weighted by Gasteiger charge is 2.18. The zero-order valence-corrected chi connectivity index (χ0v) is 12.9. The molecule has 0 fully saturated rings. The van der Waals surface area contributed by atoms with Crippen molar-refractivity contribution in [3.05, 3.63) is 58.5 Å². The molecule has 23 heavy (non-hydrogen) atoms. The van der Waals surface area contributed by atoms with Crippen LogP contribution in [0.1, 0.15) is 5.56 Å². The van der Waals surface area contributed by atoms with Crippen molar-refractivity contribution in [3.8, 4) is 6.07 Å². The summed E-state index contributed by atoms with van der Waals surface area (Å²) in [7, 11) is -2.28. The first kappa shape index (κ1) is 14.9. The maximum atomic E-state index is 12.5. The summed E-state index contributed by atoms with van der Waals surface area (Å²) in [4.78, 5) is 14.1. The van der Waals surface area contributed by atoms with Crippen LogP contribution >= 0.6 is 0 Å². The van der Waals surface area contributed by atoms with E-state index in [0.717, 1.165) is 0 Å². The number of aromatic nitrogens is 2. The summed E-state index contributed by atoms with van der Waals surface area (Å²) in [6.45, 7) is 0. The van der Waals surface area contributed by atoms with E-state index >= 15 is 0 Å². The highest BCUT2D eigenvalue weighted by molar-refractivity contribution is 7.92. The van der Waals surface area contributed by atoms with E-state index in [1.807, 2.05) is 6.07 Å². The van der Waals surface area contributed by atoms with Crippen LogP contribution in [0.15, 0.2) is 52.2 Å². The molecular formula is C15H12N4O3S. The third kappa shape index (κ3) is 2.58. The Morgan fingerprint density at radius 3 is 2.70 bits per heavy atom. The van der Waals surface area contributed by atoms with Gasteiger partial charge in [0, 0.05) is 7.05 Å². The number of imidazole rings is 1. The number of rotatable bonds is 3. The van der Waals surface area contributed by atoms with Crippen LogP contribution in [0.3, 0.4) is 0 Å². The van der Waals surface area contributed by atoms with E-state index in [1.54, 1.807) is 31.3 Å². The number of fused-ring (bicyclic) bond motifs is 1. The van der Waals surface area contributed by atoms with E-state index in [9.17, 15) is 13.2 Å². The minimum atomic E-state index is -3.90. The van der Waals surface area contributed by atoms with Crippen LogP contribution in [0.25, 0.3) is 11.0 Å². The van der Waals surface area contributed by atoms with Crippen LogP contribution in [0, 0.1) is 11.3 Å². The van der Waals surface area contributed by atoms with Crippen LogP contribution in [-0.2, 0) is 17.1 Å². The van der Waals surface area contributed by atoms with Crippen LogP contribution in [0.4, 0.5) is 5.69 Å². The molecule has 3 rings (SSSR count). The van der Waals surface area contributed by atoms with Gasteiger partial charge in [0.25, 0.3) is 10.0 Å². The standard InChI is InChI=1S/C15H12N4O3S/c1-19-13-7-6-11(8-12(13)17-15(19)20)18-23(21,22)14-5-3-2-4-10(14)9-16/h2-8,18H,1H3,(H,17,20). The van der Waals surface area contributed by atoms with E-state index in [-0.39, 0.29) is 16.1 Å². The van der Waals surface area contributed by atoms with Gasteiger partial charge in [-0.15, -0.1) is 0 Å². The molecule has 0 unspecified atom stereocenters. The molecule has 7 nitrogen and oxygen atoms in total. The van der Waals surface area contributed by atoms with Crippen LogP contribution in [-0.4, -0.2) is 18.0 Å². The molecular weight excluding hydrogens is 316 g/mol. The number of sulfonamides is 1. The highest BCUT2D eigenvalue weighted by atomic mass is 32.2. The number of aryl methyl sites for hydroxylation is 1. The molecule has 0 aliphatic carbocycles. The van der Waals surface area contributed by atoms with Crippen molar-refractivity contribution >= 4 is 26.7 Å². The van der Waals surface area contributed by atoms with Gasteiger partial charge in [-0.05, 0) is 30.3 Å². The minimum absolute atomic E-state index is 0.0641. The quantitative estimate of drug-likeness (QED) is 0.760. The molecule has 0 saturated heterocycles. The van der Waals surface area contributed by atoms with E-state index < -0.39 is 10.0 Å². The number of hydrogen-bond donors (Lipinski definition) is 2. The molecule has 1 aromatic heterocycles. The number of nitrogens with zero attached hydrogens (tertiary/aromatic N) is 2. The van der Waals surface area contributed by atoms with Crippen molar-refractivity contribution in [2.24, 2.45) is 7.05 Å². The summed E-state index contributed by atoms with van der Waals surface area (Å²) in [6.07, 6.45) is 0. The number of H-pyrrole nitrogens is 1. The summed E-state index contributed by atoms with van der Waals surface area (Å²) in [5.41, 5.74) is 1.26. The lowest BCUT2D eigenvalue weighted by molar-refractivity contribution is 0.601. The van der Waals surface area contributed by atoms with Gasteiger partial charge in [-0.3, -0.25) is 9.29 Å². The van der Waals surface area contributed by atoms with Gasteiger partial charge in [-0.25, -0.2) is 13.2 Å². The second-order valence-corrected chi connectivity index (χ2v) is 6.59. The second kappa shape index (κ2) is 5.30. The Hall–Kier alpha value is -3.05. The summed E-state index contributed by atoms with van der Waals surface area (Å²) in [5, 5.41) is 9.04. The predicted octanol–water partition coefficient (Wildman–Crippen LogP) is 1.54. The summed E-state index contributed by atoms with van der Waals surface area (Å²) in [5.74, 6) is 0. The van der Waals surface area contributed by atoms with Gasteiger partial charge >= 0.3 is 5.69 Å². The summed E-state index contributed by atoms with van der Waals surface area (Å²) in [6, 6.07) is 12.5. The average molecular weight is 328 g/mol. The van der Waals surface area contributed by atoms with Crippen LogP contribution < -0.4 is 10.4 Å². The predicted molar refractivity (Wildman–Crippen MR) is 85.5 cm³/mol. The van der Waals surface area contributed by atoms with Gasteiger partial charge in [0.2, 0.25) is 0 Å². The first-order valence-corrected chi connectivity index (χ1v) is 8.11. The lowest BCUT2D eigenvalue weighted by Crippen LogP contribution is -2.14. The number of anilines is 1. The van der Waals surface area contributed by atoms with Gasteiger partial charge in [0.1, 0.15) is 11.0 Å². The van der Waals surface area contributed by atoms with Crippen LogP contribution in [0.2, 0.25) is 0 Å². The Morgan fingerprint density at radius 2 is 1.96 bits per heavy atom. The zero-order chi connectivity index (χ0) is 16.6. The topological polar surface area (TPSA) is 108 Å². The highest BCUT2D eigenvalue weighted by Crippen LogP contribution is 2.21. The molecule has 2 N–H and O–H groups in total. The number of nitriles is 1. The monoisotopic (exact) mass is 328 g/mol. The van der Waals surface area contributed by atoms with Crippen molar-refractivity contribution in [3.63, 3.8) is 0 Å². The van der Waals surface area contributed by atoms with E-state index in [1.165, 1.54) is 22.8 Å². The lowest BCUT2D eigenvalue weighted by atomic mass is 10.2. The van der Waals surface area contributed by atoms with E-state index in [0.29, 0.717) is 16.7 Å². The summed E-state index contributed by atoms with van der Waals surface area (Å²) < 4.78 is 28.7. The molecule has 0 atom stereocenters. The second-order valence-electron chi connectivity index (χ2n) is 4.93. The molecule has 2 aromatic carbocycles. The van der Waals surface area contributed by atoms with Gasteiger partial charge in [-0.2, -0.15) is 5.26 Å². The molecule has 0 aliphatic rings. The number of aromatic amines is 1. The Morgan fingerprint density at radius 1 is 1.22 bits per heavy atom. The molecule has 0 aliphatic heterocycles. The molecule has 1 heterocycles. The van der Waals surface area contributed by atoms with Gasteiger partial charge in [0.05, 0.1) is 22.3 Å². The molecule has 0 amide bonds. The van der Waals surface area contributed by atoms with Crippen molar-refractivity contribution in [1.82, 2.24) is 9.55 Å². The average Bonchev–Trinajstić information content (AvgIpc) is 2.81. The fraction of sp³-hybridized carbons (Fsp3) is 0.0667. The maximum Gasteiger partial charge on any atom is 0.326 e. The molecule has 0 saturated carbocycles. The Kier molecular flexibility index (Phi) is 3.42. The Labute approximate surface area is 131 Å². The fourth-order valence-corrected chi connectivity index (χ4v) is 3.51. The Balaban J connectivity index is 2.04. The third-order valence-corrected chi connectivity index (χ3v) is 4.89. The molecule has 116 valence electrons. The molecule has 0 bridgehead atoms. The van der Waals surface area contributed by atoms with Crippen molar-refractivity contribution < 1.29 is 8.42 Å². The molecule has 3 aromatic rings. The van der Waals surface area contributed by atoms with Gasteiger partial charge in [-0.1, -0.05) is 12.1 Å². The third-order valence-electron chi connectivity index (χ3n) is 3.45. The number of hydrogen-bond acceptors (Lipinski definition) is 4. The lowest BCUT2D eigenvalue weighted by Gasteiger charge is -2.09.